The van der Waals surface area contributed by atoms with Gasteiger partial charge in [-0.05, 0) is 30.5 Å². The first-order valence-corrected chi connectivity index (χ1v) is 12.4. The highest BCUT2D eigenvalue weighted by Crippen LogP contribution is 2.38. The fraction of sp³-hybridized carbons (Fsp3) is 0.211. The number of rotatable bonds is 5. The quantitative estimate of drug-likeness (QED) is 0.683. The summed E-state index contributed by atoms with van der Waals surface area (Å²) in [4.78, 5) is 28.1. The van der Waals surface area contributed by atoms with Crippen LogP contribution in [0.1, 0.15) is 17.3 Å². The summed E-state index contributed by atoms with van der Waals surface area (Å²) in [5.41, 5.74) is 1.07. The maximum absolute atomic E-state index is 13.0. The van der Waals surface area contributed by atoms with Crippen LogP contribution in [0.5, 0.6) is 0 Å². The molecule has 2 aromatic heterocycles. The lowest BCUT2D eigenvalue weighted by Gasteiger charge is -2.28. The molecule has 4 heterocycles. The second-order valence-corrected chi connectivity index (χ2v) is 9.90. The van der Waals surface area contributed by atoms with E-state index in [1.807, 2.05) is 17.5 Å². The van der Waals surface area contributed by atoms with E-state index in [0.29, 0.717) is 10.6 Å². The summed E-state index contributed by atoms with van der Waals surface area (Å²) in [6.07, 6.45) is 4.83. The normalized spacial score (nSPS) is 17.0. The second kappa shape index (κ2) is 8.17. The van der Waals surface area contributed by atoms with Gasteiger partial charge in [-0.2, -0.15) is 0 Å². The number of ether oxygens (including phenoxy) is 1. The molecule has 156 valence electrons. The third-order valence-electron chi connectivity index (χ3n) is 4.39. The number of carbonyl (C=O) groups excluding carboxylic acids is 2. The number of esters is 1. The van der Waals surface area contributed by atoms with Crippen molar-refractivity contribution in [2.45, 2.75) is 6.92 Å². The summed E-state index contributed by atoms with van der Waals surface area (Å²) >= 11 is 2.68. The molecule has 2 aliphatic heterocycles. The molecule has 0 bridgehead atoms. The number of amides is 1. The fourth-order valence-electron chi connectivity index (χ4n) is 3.03. The number of hydrogen-bond donors (Lipinski definition) is 1. The highest BCUT2D eigenvalue weighted by molar-refractivity contribution is 7.90. The number of fused-ring (bicyclic) bond motifs is 1. The predicted molar refractivity (Wildman–Crippen MR) is 117 cm³/mol. The van der Waals surface area contributed by atoms with Crippen LogP contribution in [0.25, 0.3) is 10.4 Å². The molecule has 30 heavy (non-hydrogen) atoms. The Balaban J connectivity index is 1.68. The number of anilines is 1. The van der Waals surface area contributed by atoms with E-state index in [1.165, 1.54) is 28.7 Å². The molecule has 2 aromatic rings. The Labute approximate surface area is 181 Å². The van der Waals surface area contributed by atoms with Crippen LogP contribution in [0.4, 0.5) is 5.00 Å². The lowest BCUT2D eigenvalue weighted by Crippen LogP contribution is -2.40. The monoisotopic (exact) mass is 463 g/mol. The van der Waals surface area contributed by atoms with E-state index in [0.717, 1.165) is 4.88 Å². The van der Waals surface area contributed by atoms with Crippen LogP contribution < -0.4 is 5.32 Å². The van der Waals surface area contributed by atoms with Gasteiger partial charge in [-0.25, -0.2) is 13.2 Å². The number of sulfonamides is 1. The van der Waals surface area contributed by atoms with Crippen molar-refractivity contribution in [2.75, 3.05) is 24.2 Å². The van der Waals surface area contributed by atoms with Gasteiger partial charge in [0.1, 0.15) is 10.6 Å². The molecule has 0 fully saturated rings. The first kappa shape index (κ1) is 20.5. The number of thiophene rings is 2. The molecule has 0 spiro atoms. The first-order valence-electron chi connectivity index (χ1n) is 9.01. The molecule has 0 radical (unpaired) electrons. The van der Waals surface area contributed by atoms with E-state index in [-0.39, 0.29) is 35.9 Å². The van der Waals surface area contributed by atoms with E-state index >= 15 is 0 Å². The van der Waals surface area contributed by atoms with Crippen LogP contribution in [0, 0.1) is 0 Å². The summed E-state index contributed by atoms with van der Waals surface area (Å²) in [6.45, 7) is 2.13. The number of nitrogens with zero attached hydrogens (tertiary/aromatic N) is 2. The number of hydrogen-bond acceptors (Lipinski definition) is 8. The van der Waals surface area contributed by atoms with Gasteiger partial charge in [0.2, 0.25) is 0 Å². The second-order valence-electron chi connectivity index (χ2n) is 6.32. The Morgan fingerprint density at radius 3 is 2.90 bits per heavy atom. The smallest absolute Gasteiger partial charge is 0.341 e. The third-order valence-corrected chi connectivity index (χ3v) is 7.33. The van der Waals surface area contributed by atoms with Gasteiger partial charge in [-0.3, -0.25) is 4.79 Å². The SMILES string of the molecule is CCOC(=O)c1c(-c2cccs2)csc1NC(=O)C1=CC=CN2CCS(=O)(=O)N=C12. The Morgan fingerprint density at radius 1 is 1.33 bits per heavy atom. The molecule has 0 saturated carbocycles. The van der Waals surface area contributed by atoms with Crippen molar-refractivity contribution in [3.63, 3.8) is 0 Å². The minimum Gasteiger partial charge on any atom is -0.462 e. The van der Waals surface area contributed by atoms with Gasteiger partial charge in [0, 0.05) is 28.6 Å². The van der Waals surface area contributed by atoms with E-state index < -0.39 is 21.9 Å². The zero-order valence-corrected chi connectivity index (χ0v) is 18.3. The lowest BCUT2D eigenvalue weighted by molar-refractivity contribution is -0.112. The number of nitrogens with one attached hydrogen (secondary N) is 1. The molecule has 0 unspecified atom stereocenters. The van der Waals surface area contributed by atoms with Crippen LogP contribution in [-0.2, 0) is 19.6 Å². The van der Waals surface area contributed by atoms with Crippen molar-refractivity contribution in [3.05, 3.63) is 52.4 Å². The predicted octanol–water partition coefficient (Wildman–Crippen LogP) is 3.09. The molecule has 0 atom stereocenters. The van der Waals surface area contributed by atoms with E-state index in [1.54, 1.807) is 29.5 Å². The van der Waals surface area contributed by atoms with Gasteiger partial charge in [-0.15, -0.1) is 27.1 Å². The topological polar surface area (TPSA) is 105 Å². The van der Waals surface area contributed by atoms with Crippen molar-refractivity contribution < 1.29 is 22.7 Å². The van der Waals surface area contributed by atoms with Crippen LogP contribution in [0.15, 0.2) is 51.2 Å². The molecular weight excluding hydrogens is 446 g/mol. The fourth-order valence-corrected chi connectivity index (χ4v) is 5.78. The minimum atomic E-state index is -3.63. The highest BCUT2D eigenvalue weighted by atomic mass is 32.2. The number of carbonyl (C=O) groups is 2. The van der Waals surface area contributed by atoms with Crippen molar-refractivity contribution in [1.29, 1.82) is 0 Å². The molecule has 4 rings (SSSR count). The van der Waals surface area contributed by atoms with E-state index in [4.69, 9.17) is 4.74 Å². The van der Waals surface area contributed by atoms with Gasteiger partial charge in [0.05, 0.1) is 17.9 Å². The van der Waals surface area contributed by atoms with Crippen LogP contribution in [-0.4, -0.2) is 49.9 Å². The van der Waals surface area contributed by atoms with Crippen molar-refractivity contribution in [1.82, 2.24) is 4.90 Å². The summed E-state index contributed by atoms with van der Waals surface area (Å²) in [7, 11) is -3.63. The molecule has 11 heteroatoms. The van der Waals surface area contributed by atoms with Gasteiger partial charge in [-0.1, -0.05) is 6.07 Å². The Bertz CT molecular complexity index is 1190. The van der Waals surface area contributed by atoms with Gasteiger partial charge < -0.3 is 15.0 Å². The highest BCUT2D eigenvalue weighted by Gasteiger charge is 2.31. The molecule has 8 nitrogen and oxygen atoms in total. The zero-order valence-electron chi connectivity index (χ0n) is 15.8. The molecule has 0 aromatic carbocycles. The van der Waals surface area contributed by atoms with Crippen molar-refractivity contribution in [2.24, 2.45) is 4.40 Å². The Kier molecular flexibility index (Phi) is 5.58. The maximum Gasteiger partial charge on any atom is 0.341 e. The van der Waals surface area contributed by atoms with Crippen LogP contribution in [0.2, 0.25) is 0 Å². The number of allylic oxidation sites excluding steroid dienone is 2. The number of amidine groups is 1. The van der Waals surface area contributed by atoms with E-state index in [2.05, 4.69) is 9.71 Å². The van der Waals surface area contributed by atoms with E-state index in [9.17, 15) is 18.0 Å². The van der Waals surface area contributed by atoms with Gasteiger partial charge in [0.25, 0.3) is 15.9 Å². The lowest BCUT2D eigenvalue weighted by atomic mass is 10.1. The maximum atomic E-state index is 13.0. The molecule has 1 amide bonds. The zero-order chi connectivity index (χ0) is 21.3. The Morgan fingerprint density at radius 2 is 2.17 bits per heavy atom. The molecular formula is C19H17N3O5S3. The van der Waals surface area contributed by atoms with Gasteiger partial charge >= 0.3 is 5.97 Å². The summed E-state index contributed by atoms with van der Waals surface area (Å²) in [5.74, 6) is -1.12. The summed E-state index contributed by atoms with van der Waals surface area (Å²) in [6, 6.07) is 3.76. The first-order chi connectivity index (χ1) is 14.4. The third kappa shape index (κ3) is 3.95. The summed E-state index contributed by atoms with van der Waals surface area (Å²) in [5, 5.41) is 6.77. The van der Waals surface area contributed by atoms with Crippen molar-refractivity contribution in [3.8, 4) is 10.4 Å². The Hall–Kier alpha value is -2.76. The largest absolute Gasteiger partial charge is 0.462 e. The summed E-state index contributed by atoms with van der Waals surface area (Å²) < 4.78 is 32.8. The van der Waals surface area contributed by atoms with Crippen molar-refractivity contribution >= 4 is 55.4 Å². The average Bonchev–Trinajstić information content (AvgIpc) is 3.36. The average molecular weight is 464 g/mol. The van der Waals surface area contributed by atoms with Crippen LogP contribution >= 0.6 is 22.7 Å². The molecule has 2 aliphatic rings. The molecule has 1 N–H and O–H groups in total. The molecule has 0 aliphatic carbocycles. The van der Waals surface area contributed by atoms with Crippen LogP contribution in [0.3, 0.4) is 0 Å². The standard InChI is InChI=1S/C19H17N3O5S3/c1-2-27-19(24)15-13(14-6-4-9-28-14)11-29-18(15)20-17(23)12-5-3-7-22-8-10-30(25,26)21-16(12)22/h3-7,9,11H,2,8,10H2,1H3,(H,20,23). The van der Waals surface area contributed by atoms with Gasteiger partial charge in [0.15, 0.2) is 5.84 Å². The molecule has 0 saturated heterocycles. The minimum absolute atomic E-state index is 0.0778.